The lowest BCUT2D eigenvalue weighted by Crippen LogP contribution is -2.74. The van der Waals surface area contributed by atoms with E-state index in [1.54, 1.807) is 24.3 Å². The van der Waals surface area contributed by atoms with Crippen molar-refractivity contribution in [3.8, 4) is 22.5 Å². The summed E-state index contributed by atoms with van der Waals surface area (Å²) in [6, 6.07) is 16.6. The Morgan fingerprint density at radius 3 is 2.38 bits per heavy atom. The van der Waals surface area contributed by atoms with Crippen molar-refractivity contribution in [2.75, 3.05) is 19.8 Å². The van der Waals surface area contributed by atoms with Gasteiger partial charge in [-0.1, -0.05) is 19.1 Å². The van der Waals surface area contributed by atoms with E-state index in [1.807, 2.05) is 24.3 Å². The molecule has 0 spiro atoms. The lowest BCUT2D eigenvalue weighted by molar-refractivity contribution is -0.118. The number of nitrogens with one attached hydrogen (secondary N) is 3. The minimum absolute atomic E-state index is 0.102. The van der Waals surface area contributed by atoms with E-state index in [1.165, 1.54) is 19.2 Å². The summed E-state index contributed by atoms with van der Waals surface area (Å²) < 4.78 is 45.9. The highest BCUT2D eigenvalue weighted by atomic mass is 32.2. The van der Waals surface area contributed by atoms with Gasteiger partial charge in [-0.25, -0.2) is 17.5 Å². The molecule has 0 unspecified atom stereocenters. The van der Waals surface area contributed by atoms with E-state index in [2.05, 4.69) is 22.3 Å². The number of benzene rings is 3. The molecule has 10 heteroatoms. The minimum Gasteiger partial charge on any atom is -0.455 e. The molecule has 8 nitrogen and oxygen atoms in total. The van der Waals surface area contributed by atoms with E-state index >= 15 is 0 Å². The molecule has 1 atom stereocenters. The summed E-state index contributed by atoms with van der Waals surface area (Å²) in [7, 11) is -1.89. The van der Waals surface area contributed by atoms with Crippen molar-refractivity contribution in [3.05, 3.63) is 83.2 Å². The maximum Gasteiger partial charge on any atom is 0.255 e. The molecule has 3 fully saturated rings. The minimum atomic E-state index is -3.41. The van der Waals surface area contributed by atoms with Crippen LogP contribution in [0.5, 0.6) is 0 Å². The van der Waals surface area contributed by atoms with Gasteiger partial charge in [0.1, 0.15) is 17.2 Å². The van der Waals surface area contributed by atoms with Crippen molar-refractivity contribution in [2.45, 2.75) is 31.7 Å². The Bertz CT molecular complexity index is 1820. The third-order valence-electron chi connectivity index (χ3n) is 8.86. The Kier molecular flexibility index (Phi) is 6.93. The Morgan fingerprint density at radius 1 is 1.02 bits per heavy atom. The molecule has 3 aromatic carbocycles. The Balaban J connectivity index is 1.45. The van der Waals surface area contributed by atoms with Crippen molar-refractivity contribution in [3.63, 3.8) is 0 Å². The number of furan rings is 1. The van der Waals surface area contributed by atoms with Crippen LogP contribution >= 0.6 is 0 Å². The smallest absolute Gasteiger partial charge is 0.255 e. The molecule has 218 valence electrons. The largest absolute Gasteiger partial charge is 0.455 e. The highest BCUT2D eigenvalue weighted by Gasteiger charge is 2.63. The predicted octanol–water partition coefficient (Wildman–Crippen LogP) is 4.89. The average Bonchev–Trinajstić information content (AvgIpc) is 3.32. The molecule has 42 heavy (non-hydrogen) atoms. The molecule has 7 rings (SSSR count). The number of rotatable bonds is 9. The van der Waals surface area contributed by atoms with Gasteiger partial charge in [-0.15, -0.1) is 0 Å². The van der Waals surface area contributed by atoms with Crippen LogP contribution in [-0.4, -0.2) is 45.6 Å². The lowest BCUT2D eigenvalue weighted by Gasteiger charge is -2.67. The molecule has 2 amide bonds. The molecule has 0 radical (unpaired) electrons. The Morgan fingerprint density at radius 2 is 1.76 bits per heavy atom. The van der Waals surface area contributed by atoms with Crippen LogP contribution in [0, 0.1) is 17.7 Å². The zero-order valence-electron chi connectivity index (χ0n) is 23.6. The molecule has 0 aliphatic heterocycles. The molecule has 3 N–H and O–H groups in total. The van der Waals surface area contributed by atoms with E-state index in [4.69, 9.17) is 4.42 Å². The van der Waals surface area contributed by atoms with Gasteiger partial charge in [-0.3, -0.25) is 9.59 Å². The van der Waals surface area contributed by atoms with Gasteiger partial charge < -0.3 is 15.1 Å². The van der Waals surface area contributed by atoms with E-state index in [0.29, 0.717) is 51.7 Å². The standard InChI is InChI=1S/C32H32FN3O5S/c1-18-23-16-32(18,17-23)36-30(37)22-6-4-5-20(13-22)25-15-26-27(14-21(25)11-12-35-42(3,39)40)41-29(28(26)31(38)34-2)19-7-9-24(33)10-8-19/h4-10,13-15,18,23,35H,11-12,16-17H2,1-3H3,(H,34,38)(H,36,37)/t18-,23?,32?/m1/s1. The van der Waals surface area contributed by atoms with Crippen molar-refractivity contribution in [1.29, 1.82) is 0 Å². The fraction of sp³-hybridized carbons (Fsp3) is 0.312. The zero-order chi connectivity index (χ0) is 29.8. The summed E-state index contributed by atoms with van der Waals surface area (Å²) in [5, 5.41) is 6.46. The molecule has 4 aromatic rings. The first-order valence-corrected chi connectivity index (χ1v) is 15.8. The highest BCUT2D eigenvalue weighted by molar-refractivity contribution is 7.88. The number of fused-ring (bicyclic) bond motifs is 1. The number of carbonyl (C=O) groups excluding carboxylic acids is 2. The van der Waals surface area contributed by atoms with Crippen molar-refractivity contribution in [2.24, 2.45) is 11.8 Å². The number of hydrogen-bond donors (Lipinski definition) is 3. The molecular weight excluding hydrogens is 557 g/mol. The Labute approximate surface area is 243 Å². The van der Waals surface area contributed by atoms with Gasteiger partial charge in [0.2, 0.25) is 10.0 Å². The molecular formula is C32H32FN3O5S. The van der Waals surface area contributed by atoms with Crippen molar-refractivity contribution >= 4 is 32.8 Å². The van der Waals surface area contributed by atoms with Crippen LogP contribution in [-0.2, 0) is 16.4 Å². The maximum absolute atomic E-state index is 13.7. The van der Waals surface area contributed by atoms with Gasteiger partial charge in [0.05, 0.1) is 11.8 Å². The van der Waals surface area contributed by atoms with E-state index in [9.17, 15) is 22.4 Å². The van der Waals surface area contributed by atoms with Crippen LogP contribution in [0.3, 0.4) is 0 Å². The molecule has 1 aromatic heterocycles. The summed E-state index contributed by atoms with van der Waals surface area (Å²) >= 11 is 0. The second kappa shape index (κ2) is 10.4. The summed E-state index contributed by atoms with van der Waals surface area (Å²) in [5.74, 6) is 0.577. The summed E-state index contributed by atoms with van der Waals surface area (Å²) in [6.45, 7) is 2.32. The predicted molar refractivity (Wildman–Crippen MR) is 159 cm³/mol. The number of carbonyl (C=O) groups is 2. The van der Waals surface area contributed by atoms with Gasteiger partial charge in [0, 0.05) is 35.6 Å². The first-order valence-electron chi connectivity index (χ1n) is 13.9. The van der Waals surface area contributed by atoms with E-state index in [0.717, 1.165) is 35.8 Å². The van der Waals surface area contributed by atoms with Crippen LogP contribution in [0.4, 0.5) is 4.39 Å². The van der Waals surface area contributed by atoms with Crippen molar-refractivity contribution < 1.29 is 26.8 Å². The number of hydrogen-bond acceptors (Lipinski definition) is 5. The highest BCUT2D eigenvalue weighted by Crippen LogP contribution is 2.61. The number of sulfonamides is 1. The number of amides is 2. The maximum atomic E-state index is 13.7. The summed E-state index contributed by atoms with van der Waals surface area (Å²) in [4.78, 5) is 26.4. The first kappa shape index (κ1) is 28.1. The Hall–Kier alpha value is -4.02. The van der Waals surface area contributed by atoms with Crippen LogP contribution in [0.15, 0.2) is 65.1 Å². The third-order valence-corrected chi connectivity index (χ3v) is 9.59. The normalized spacial score (nSPS) is 21.0. The van der Waals surface area contributed by atoms with Gasteiger partial charge in [0.15, 0.2) is 0 Å². The second-order valence-electron chi connectivity index (χ2n) is 11.5. The van der Waals surface area contributed by atoms with Crippen LogP contribution in [0.1, 0.15) is 46.0 Å². The summed E-state index contributed by atoms with van der Waals surface area (Å²) in [6.07, 6.45) is 3.47. The molecule has 1 heterocycles. The first-order chi connectivity index (χ1) is 20.0. The van der Waals surface area contributed by atoms with Gasteiger partial charge >= 0.3 is 0 Å². The SMILES string of the molecule is CNC(=O)c1c(-c2ccc(F)cc2)oc2cc(CCNS(C)(=O)=O)c(-c3cccc(C(=O)NC45CC(C4)[C@H]5C)c3)cc12. The zero-order valence-corrected chi connectivity index (χ0v) is 24.4. The van der Waals surface area contributed by atoms with Crippen LogP contribution < -0.4 is 15.4 Å². The average molecular weight is 590 g/mol. The quantitative estimate of drug-likeness (QED) is 0.257. The van der Waals surface area contributed by atoms with E-state index in [-0.39, 0.29) is 23.9 Å². The van der Waals surface area contributed by atoms with Gasteiger partial charge in [-0.2, -0.15) is 0 Å². The lowest BCUT2D eigenvalue weighted by atomic mass is 9.43. The summed E-state index contributed by atoms with van der Waals surface area (Å²) in [5.41, 5.74) is 3.94. The molecule has 3 saturated carbocycles. The molecule has 3 aliphatic carbocycles. The van der Waals surface area contributed by atoms with Gasteiger partial charge in [0.25, 0.3) is 11.8 Å². The second-order valence-corrected chi connectivity index (χ2v) is 13.3. The van der Waals surface area contributed by atoms with Gasteiger partial charge in [-0.05, 0) is 96.3 Å². The fourth-order valence-electron chi connectivity index (χ4n) is 6.26. The number of halogens is 1. The van der Waals surface area contributed by atoms with Crippen LogP contribution in [0.25, 0.3) is 33.4 Å². The third kappa shape index (κ3) is 4.98. The molecule has 0 saturated heterocycles. The van der Waals surface area contributed by atoms with Crippen molar-refractivity contribution in [1.82, 2.24) is 15.4 Å². The molecule has 2 bridgehead atoms. The topological polar surface area (TPSA) is 118 Å². The molecule has 3 aliphatic rings. The monoisotopic (exact) mass is 589 g/mol. The fourth-order valence-corrected chi connectivity index (χ4v) is 6.73. The van der Waals surface area contributed by atoms with Crippen LogP contribution in [0.2, 0.25) is 0 Å². The van der Waals surface area contributed by atoms with E-state index < -0.39 is 15.8 Å².